The molecule has 0 saturated carbocycles. The molecule has 0 aromatic heterocycles. The van der Waals surface area contributed by atoms with Crippen molar-refractivity contribution in [3.8, 4) is 0 Å². The average molecular weight is 224 g/mol. The summed E-state index contributed by atoms with van der Waals surface area (Å²) >= 11 is 0. The third-order valence-electron chi connectivity index (χ3n) is 3.07. The Morgan fingerprint density at radius 3 is 2.60 bits per heavy atom. The Balaban J connectivity index is 2.52. The van der Waals surface area contributed by atoms with E-state index in [1.807, 2.05) is 18.2 Å². The molecule has 0 N–H and O–H groups in total. The summed E-state index contributed by atoms with van der Waals surface area (Å²) in [6.45, 7) is 4.17. The Morgan fingerprint density at radius 1 is 1.27 bits per heavy atom. The van der Waals surface area contributed by atoms with Crippen molar-refractivity contribution in [1.29, 1.82) is 0 Å². The molecule has 82 valence electrons. The summed E-state index contributed by atoms with van der Waals surface area (Å²) in [5, 5.41) is 0. The zero-order valence-electron chi connectivity index (χ0n) is 9.10. The van der Waals surface area contributed by atoms with Crippen molar-refractivity contribution >= 4 is 9.84 Å². The molecule has 1 aromatic rings. The molecular formula is C12H16O2S. The van der Waals surface area contributed by atoms with Crippen LogP contribution >= 0.6 is 0 Å². The molecule has 1 heterocycles. The Hall–Kier alpha value is -0.830. The third-order valence-corrected chi connectivity index (χ3v) is 4.69. The van der Waals surface area contributed by atoms with E-state index < -0.39 is 9.84 Å². The topological polar surface area (TPSA) is 34.1 Å². The lowest BCUT2D eigenvalue weighted by molar-refractivity contribution is 0.510. The molecule has 3 heteroatoms. The number of fused-ring (bicyclic) bond motifs is 1. The number of sulfone groups is 1. The quantitative estimate of drug-likeness (QED) is 0.734. The monoisotopic (exact) mass is 224 g/mol. The van der Waals surface area contributed by atoms with Crippen LogP contribution in [0.3, 0.4) is 0 Å². The first-order chi connectivity index (χ1) is 6.99. The second-order valence-electron chi connectivity index (χ2n) is 4.60. The van der Waals surface area contributed by atoms with E-state index in [-0.39, 0.29) is 11.7 Å². The standard InChI is InChI=1S/C12H16O2S/c1-9(2)12-8-15(13,14)7-10-5-3-4-6-11(10)12/h3-6,9,12H,7-8H2,1-2H3. The van der Waals surface area contributed by atoms with Crippen LogP contribution in [-0.2, 0) is 15.6 Å². The van der Waals surface area contributed by atoms with Gasteiger partial charge in [-0.05, 0) is 17.0 Å². The molecule has 1 aromatic carbocycles. The lowest BCUT2D eigenvalue weighted by Crippen LogP contribution is -2.26. The highest BCUT2D eigenvalue weighted by Crippen LogP contribution is 2.34. The number of hydrogen-bond donors (Lipinski definition) is 0. The summed E-state index contributed by atoms with van der Waals surface area (Å²) < 4.78 is 23.5. The minimum Gasteiger partial charge on any atom is -0.228 e. The molecule has 0 fully saturated rings. The maximum Gasteiger partial charge on any atom is 0.155 e. The van der Waals surface area contributed by atoms with Crippen molar-refractivity contribution in [3.05, 3.63) is 35.4 Å². The fourth-order valence-corrected chi connectivity index (χ4v) is 4.20. The molecule has 2 nitrogen and oxygen atoms in total. The predicted molar refractivity (Wildman–Crippen MR) is 61.5 cm³/mol. The zero-order chi connectivity index (χ0) is 11.1. The summed E-state index contributed by atoms with van der Waals surface area (Å²) in [5.41, 5.74) is 2.21. The summed E-state index contributed by atoms with van der Waals surface area (Å²) in [6.07, 6.45) is 0. The Bertz CT molecular complexity index is 460. The normalized spacial score (nSPS) is 23.8. The van der Waals surface area contributed by atoms with E-state index >= 15 is 0 Å². The fraction of sp³-hybridized carbons (Fsp3) is 0.500. The molecular weight excluding hydrogens is 208 g/mol. The van der Waals surface area contributed by atoms with E-state index in [1.165, 1.54) is 5.56 Å². The van der Waals surface area contributed by atoms with Crippen molar-refractivity contribution in [3.63, 3.8) is 0 Å². The minimum absolute atomic E-state index is 0.167. The molecule has 0 saturated heterocycles. The molecule has 1 aliphatic heterocycles. The molecule has 15 heavy (non-hydrogen) atoms. The van der Waals surface area contributed by atoms with Crippen molar-refractivity contribution < 1.29 is 8.42 Å². The first kappa shape index (κ1) is 10.7. The zero-order valence-corrected chi connectivity index (χ0v) is 9.92. The van der Waals surface area contributed by atoms with Crippen LogP contribution in [0.4, 0.5) is 0 Å². The Morgan fingerprint density at radius 2 is 1.93 bits per heavy atom. The van der Waals surface area contributed by atoms with Gasteiger partial charge in [-0.15, -0.1) is 0 Å². The van der Waals surface area contributed by atoms with Crippen LogP contribution in [-0.4, -0.2) is 14.2 Å². The van der Waals surface area contributed by atoms with E-state index in [4.69, 9.17) is 0 Å². The summed E-state index contributed by atoms with van der Waals surface area (Å²) in [7, 11) is -2.89. The molecule has 0 aliphatic carbocycles. The fourth-order valence-electron chi connectivity index (χ4n) is 2.24. The Kier molecular flexibility index (Phi) is 2.59. The second kappa shape index (κ2) is 3.63. The average Bonchev–Trinajstić information content (AvgIpc) is 2.14. The molecule has 0 spiro atoms. The van der Waals surface area contributed by atoms with Crippen molar-refractivity contribution in [2.75, 3.05) is 5.75 Å². The highest BCUT2D eigenvalue weighted by molar-refractivity contribution is 7.90. The summed E-state index contributed by atoms with van der Waals surface area (Å²) in [4.78, 5) is 0. The van der Waals surface area contributed by atoms with Gasteiger partial charge in [0.2, 0.25) is 0 Å². The molecule has 1 aliphatic rings. The van der Waals surface area contributed by atoms with Gasteiger partial charge in [0.1, 0.15) is 0 Å². The van der Waals surface area contributed by atoms with Gasteiger partial charge in [-0.25, -0.2) is 8.42 Å². The van der Waals surface area contributed by atoms with Gasteiger partial charge in [-0.2, -0.15) is 0 Å². The second-order valence-corrected chi connectivity index (χ2v) is 6.71. The molecule has 0 bridgehead atoms. The van der Waals surface area contributed by atoms with Gasteiger partial charge in [-0.1, -0.05) is 38.1 Å². The van der Waals surface area contributed by atoms with Crippen molar-refractivity contribution in [2.45, 2.75) is 25.5 Å². The largest absolute Gasteiger partial charge is 0.228 e. The first-order valence-corrected chi connectivity index (χ1v) is 7.10. The summed E-state index contributed by atoms with van der Waals surface area (Å²) in [5.74, 6) is 1.06. The van der Waals surface area contributed by atoms with Crippen LogP contribution in [0.25, 0.3) is 0 Å². The maximum atomic E-state index is 11.7. The number of rotatable bonds is 1. The van der Waals surface area contributed by atoms with Crippen LogP contribution in [0.5, 0.6) is 0 Å². The highest BCUT2D eigenvalue weighted by Gasteiger charge is 2.30. The van der Waals surface area contributed by atoms with Crippen molar-refractivity contribution in [2.24, 2.45) is 5.92 Å². The van der Waals surface area contributed by atoms with Gasteiger partial charge in [0.15, 0.2) is 9.84 Å². The number of hydrogen-bond acceptors (Lipinski definition) is 2. The van der Waals surface area contributed by atoms with Gasteiger partial charge in [0.25, 0.3) is 0 Å². The lowest BCUT2D eigenvalue weighted by Gasteiger charge is -2.28. The highest BCUT2D eigenvalue weighted by atomic mass is 32.2. The van der Waals surface area contributed by atoms with E-state index in [9.17, 15) is 8.42 Å². The predicted octanol–water partition coefficient (Wildman–Crippen LogP) is 2.35. The molecule has 2 rings (SSSR count). The lowest BCUT2D eigenvalue weighted by atomic mass is 9.87. The van der Waals surface area contributed by atoms with Crippen LogP contribution in [0, 0.1) is 5.92 Å². The van der Waals surface area contributed by atoms with E-state index in [0.29, 0.717) is 11.7 Å². The third kappa shape index (κ3) is 2.07. The van der Waals surface area contributed by atoms with Gasteiger partial charge in [-0.3, -0.25) is 0 Å². The van der Waals surface area contributed by atoms with Crippen LogP contribution in [0.15, 0.2) is 24.3 Å². The molecule has 0 radical (unpaired) electrons. The smallest absolute Gasteiger partial charge is 0.155 e. The van der Waals surface area contributed by atoms with Gasteiger partial charge in [0.05, 0.1) is 11.5 Å². The first-order valence-electron chi connectivity index (χ1n) is 5.28. The maximum absolute atomic E-state index is 11.7. The number of benzene rings is 1. The minimum atomic E-state index is -2.89. The van der Waals surface area contributed by atoms with Crippen LogP contribution in [0.2, 0.25) is 0 Å². The van der Waals surface area contributed by atoms with Gasteiger partial charge >= 0.3 is 0 Å². The van der Waals surface area contributed by atoms with Gasteiger partial charge < -0.3 is 0 Å². The van der Waals surface area contributed by atoms with Crippen LogP contribution < -0.4 is 0 Å². The van der Waals surface area contributed by atoms with Crippen molar-refractivity contribution in [1.82, 2.24) is 0 Å². The molecule has 0 amide bonds. The summed E-state index contributed by atoms with van der Waals surface area (Å²) in [6, 6.07) is 7.90. The van der Waals surface area contributed by atoms with E-state index in [2.05, 4.69) is 19.9 Å². The van der Waals surface area contributed by atoms with E-state index in [0.717, 1.165) is 5.56 Å². The SMILES string of the molecule is CC(C)C1CS(=O)(=O)Cc2ccccc21. The van der Waals surface area contributed by atoms with E-state index in [1.54, 1.807) is 0 Å². The molecule has 1 unspecified atom stereocenters. The Labute approximate surface area is 91.2 Å². The van der Waals surface area contributed by atoms with Gasteiger partial charge in [0, 0.05) is 5.92 Å². The molecule has 1 atom stereocenters. The van der Waals surface area contributed by atoms with Crippen LogP contribution in [0.1, 0.15) is 30.9 Å².